The molecular weight excluding hydrogens is 553 g/mol. The van der Waals surface area contributed by atoms with Crippen LogP contribution in [0.25, 0.3) is 33.9 Å². The van der Waals surface area contributed by atoms with E-state index in [1.165, 1.54) is 21.5 Å². The lowest BCUT2D eigenvalue weighted by Crippen LogP contribution is -2.44. The van der Waals surface area contributed by atoms with Crippen molar-refractivity contribution < 1.29 is 13.2 Å². The van der Waals surface area contributed by atoms with Gasteiger partial charge in [-0.25, -0.2) is 14.6 Å². The Labute approximate surface area is 237 Å². The Kier molecular flexibility index (Phi) is 6.84. The second kappa shape index (κ2) is 10.5. The molecule has 5 heterocycles. The van der Waals surface area contributed by atoms with Gasteiger partial charge in [0.2, 0.25) is 11.8 Å². The maximum atomic E-state index is 13.7. The van der Waals surface area contributed by atoms with Gasteiger partial charge in [-0.1, -0.05) is 0 Å². The molecule has 4 aromatic heterocycles. The van der Waals surface area contributed by atoms with Gasteiger partial charge in [-0.15, -0.1) is 5.10 Å². The van der Waals surface area contributed by atoms with Crippen molar-refractivity contribution in [2.45, 2.75) is 12.7 Å². The molecule has 218 valence electrons. The van der Waals surface area contributed by atoms with Crippen LogP contribution in [0, 0.1) is 0 Å². The van der Waals surface area contributed by atoms with Gasteiger partial charge >= 0.3 is 6.18 Å². The van der Waals surface area contributed by atoms with E-state index in [0.29, 0.717) is 21.8 Å². The number of aromatic nitrogens is 9. The summed E-state index contributed by atoms with van der Waals surface area (Å²) < 4.78 is 44.6. The number of likely N-dealkylation sites (N-methyl/N-ethyl adjacent to an activating group) is 1. The molecule has 0 unspecified atom stereocenters. The number of nitrogens with one attached hydrogen (secondary N) is 1. The maximum Gasteiger partial charge on any atom is 0.406 e. The van der Waals surface area contributed by atoms with Gasteiger partial charge < -0.3 is 19.7 Å². The van der Waals surface area contributed by atoms with Crippen LogP contribution in [0.3, 0.4) is 0 Å². The van der Waals surface area contributed by atoms with Crippen LogP contribution in [0.1, 0.15) is 0 Å². The highest BCUT2D eigenvalue weighted by molar-refractivity contribution is 5.81. The first-order chi connectivity index (χ1) is 20.1. The summed E-state index contributed by atoms with van der Waals surface area (Å²) in [5, 5.41) is 14.6. The number of pyridine rings is 1. The Bertz CT molecular complexity index is 1800. The van der Waals surface area contributed by atoms with Gasteiger partial charge in [0.1, 0.15) is 23.7 Å². The molecule has 1 fully saturated rings. The number of aryl methyl sites for hydroxylation is 2. The number of tetrazole rings is 1. The summed E-state index contributed by atoms with van der Waals surface area (Å²) in [6.07, 6.45) is -1.70. The first-order valence-electron chi connectivity index (χ1n) is 13.1. The minimum atomic E-state index is -4.68. The largest absolute Gasteiger partial charge is 0.406 e. The number of anilines is 3. The predicted octanol–water partition coefficient (Wildman–Crippen LogP) is 2.44. The van der Waals surface area contributed by atoms with Crippen LogP contribution in [0.15, 0.2) is 47.5 Å². The van der Waals surface area contributed by atoms with Gasteiger partial charge in [-0.3, -0.25) is 9.36 Å². The van der Waals surface area contributed by atoms with E-state index in [0.717, 1.165) is 31.9 Å². The summed E-state index contributed by atoms with van der Waals surface area (Å²) in [5.41, 5.74) is 1.01. The molecular formula is C26H27F3N12O. The molecule has 16 heteroatoms. The summed E-state index contributed by atoms with van der Waals surface area (Å²) in [6, 6.07) is 9.11. The molecule has 5 aromatic rings. The molecule has 1 aliphatic heterocycles. The monoisotopic (exact) mass is 580 g/mol. The molecule has 42 heavy (non-hydrogen) atoms. The molecule has 1 aliphatic rings. The summed E-state index contributed by atoms with van der Waals surface area (Å²) in [4.78, 5) is 31.2. The lowest BCUT2D eigenvalue weighted by atomic mass is 10.2. The van der Waals surface area contributed by atoms with Gasteiger partial charge in [0.15, 0.2) is 0 Å². The number of imidazole rings is 1. The molecule has 6 rings (SSSR count). The molecule has 1 saturated heterocycles. The van der Waals surface area contributed by atoms with E-state index in [9.17, 15) is 18.0 Å². The van der Waals surface area contributed by atoms with E-state index in [1.807, 2.05) is 24.3 Å². The van der Waals surface area contributed by atoms with E-state index in [1.54, 1.807) is 20.3 Å². The molecule has 0 saturated carbocycles. The van der Waals surface area contributed by atoms with Crippen LogP contribution in [0.2, 0.25) is 0 Å². The number of fused-ring (bicyclic) bond motifs is 1. The fourth-order valence-electron chi connectivity index (χ4n) is 4.93. The van der Waals surface area contributed by atoms with Crippen molar-refractivity contribution in [3.05, 3.63) is 53.1 Å². The molecule has 0 bridgehead atoms. The smallest absolute Gasteiger partial charge is 0.369 e. The minimum Gasteiger partial charge on any atom is -0.369 e. The van der Waals surface area contributed by atoms with Crippen LogP contribution in [-0.4, -0.2) is 88.6 Å². The van der Waals surface area contributed by atoms with Crippen LogP contribution in [0.4, 0.5) is 30.5 Å². The van der Waals surface area contributed by atoms with Gasteiger partial charge in [-0.05, 0) is 47.8 Å². The molecule has 1 N–H and O–H groups in total. The molecule has 0 atom stereocenters. The quantitative estimate of drug-likeness (QED) is 0.320. The number of hydrogen-bond acceptors (Lipinski definition) is 10. The molecule has 0 aliphatic carbocycles. The number of halogens is 3. The van der Waals surface area contributed by atoms with E-state index in [4.69, 9.17) is 0 Å². The van der Waals surface area contributed by atoms with Crippen LogP contribution >= 0.6 is 0 Å². The standard InChI is InChI=1S/C26H27F3N12O/c1-37-8-10-40(11-9-37)18-6-4-17(5-7-18)31-25-30-13-16-12-19(24(42)41(21(16)33-25)15-26(27,28)29)22-32-20(14-38(22)2)23-34-35-36-39(23)3/h4-7,12-14H,8-11,15H2,1-3H3,(H,30,31,33). The van der Waals surface area contributed by atoms with Gasteiger partial charge in [0.05, 0.1) is 5.56 Å². The Morgan fingerprint density at radius 3 is 2.38 bits per heavy atom. The average molecular weight is 581 g/mol. The van der Waals surface area contributed by atoms with Gasteiger partial charge in [0, 0.05) is 69.4 Å². The number of piperazine rings is 1. The SMILES string of the molecule is CN1CCN(c2ccc(Nc3ncc4cc(-c5nc(-c6nnnn6C)cn5C)c(=O)n(CC(F)(F)F)c4n3)cc2)CC1. The molecule has 0 amide bonds. The Morgan fingerprint density at radius 2 is 1.71 bits per heavy atom. The second-order valence-electron chi connectivity index (χ2n) is 10.2. The van der Waals surface area contributed by atoms with E-state index in [2.05, 4.69) is 52.6 Å². The Balaban J connectivity index is 1.35. The van der Waals surface area contributed by atoms with Crippen molar-refractivity contribution in [1.29, 1.82) is 0 Å². The normalized spacial score (nSPS) is 14.6. The third kappa shape index (κ3) is 5.39. The fourth-order valence-corrected chi connectivity index (χ4v) is 4.93. The molecule has 1 aromatic carbocycles. The number of rotatable bonds is 6. The highest BCUT2D eigenvalue weighted by Crippen LogP contribution is 2.27. The van der Waals surface area contributed by atoms with Crippen LogP contribution in [-0.2, 0) is 20.6 Å². The minimum absolute atomic E-state index is 0.0422. The van der Waals surface area contributed by atoms with E-state index in [-0.39, 0.29) is 28.4 Å². The van der Waals surface area contributed by atoms with Crippen molar-refractivity contribution in [2.24, 2.45) is 14.1 Å². The summed E-state index contributed by atoms with van der Waals surface area (Å²) >= 11 is 0. The lowest BCUT2D eigenvalue weighted by Gasteiger charge is -2.34. The highest BCUT2D eigenvalue weighted by Gasteiger charge is 2.31. The maximum absolute atomic E-state index is 13.7. The lowest BCUT2D eigenvalue weighted by molar-refractivity contribution is -0.140. The number of nitrogens with zero attached hydrogens (tertiary/aromatic N) is 11. The zero-order chi connectivity index (χ0) is 29.6. The van der Waals surface area contributed by atoms with Crippen molar-refractivity contribution in [2.75, 3.05) is 43.4 Å². The summed E-state index contributed by atoms with van der Waals surface area (Å²) in [7, 11) is 5.35. The predicted molar refractivity (Wildman–Crippen MR) is 149 cm³/mol. The fraction of sp³-hybridized carbons (Fsp3) is 0.346. The van der Waals surface area contributed by atoms with Crippen molar-refractivity contribution in [3.63, 3.8) is 0 Å². The average Bonchev–Trinajstić information content (AvgIpc) is 3.55. The first-order valence-corrected chi connectivity index (χ1v) is 13.1. The van der Waals surface area contributed by atoms with Crippen LogP contribution < -0.4 is 15.8 Å². The third-order valence-corrected chi connectivity index (χ3v) is 7.12. The third-order valence-electron chi connectivity index (χ3n) is 7.12. The van der Waals surface area contributed by atoms with Crippen molar-refractivity contribution in [1.82, 2.24) is 49.2 Å². The first kappa shape index (κ1) is 27.3. The Hall–Kier alpha value is -4.86. The molecule has 0 spiro atoms. The van der Waals surface area contributed by atoms with E-state index >= 15 is 0 Å². The Morgan fingerprint density at radius 1 is 0.976 bits per heavy atom. The zero-order valence-corrected chi connectivity index (χ0v) is 23.0. The molecule has 13 nitrogen and oxygen atoms in total. The zero-order valence-electron chi connectivity index (χ0n) is 23.0. The number of alkyl halides is 3. The van der Waals surface area contributed by atoms with Crippen molar-refractivity contribution in [3.8, 4) is 22.9 Å². The topological polar surface area (TPSA) is 128 Å². The molecule has 0 radical (unpaired) electrons. The number of hydrogen-bond donors (Lipinski definition) is 1. The van der Waals surface area contributed by atoms with Gasteiger partial charge in [0.25, 0.3) is 5.56 Å². The number of benzene rings is 1. The van der Waals surface area contributed by atoms with Gasteiger partial charge in [-0.2, -0.15) is 18.2 Å². The summed E-state index contributed by atoms with van der Waals surface area (Å²) in [6.45, 7) is 2.27. The van der Waals surface area contributed by atoms with Crippen molar-refractivity contribution >= 4 is 28.4 Å². The summed E-state index contributed by atoms with van der Waals surface area (Å²) in [5.74, 6) is 0.550. The van der Waals surface area contributed by atoms with E-state index < -0.39 is 18.3 Å². The second-order valence-corrected chi connectivity index (χ2v) is 10.2. The van der Waals surface area contributed by atoms with Crippen LogP contribution in [0.5, 0.6) is 0 Å². The highest BCUT2D eigenvalue weighted by atomic mass is 19.4.